The first-order valence-electron chi connectivity index (χ1n) is 8.58. The molecular weight excluding hydrogens is 324 g/mol. The van der Waals surface area contributed by atoms with Crippen LogP contribution in [0.1, 0.15) is 42.0 Å². The molecule has 0 saturated heterocycles. The van der Waals surface area contributed by atoms with E-state index in [0.717, 1.165) is 32.1 Å². The molecule has 2 heteroatoms. The van der Waals surface area contributed by atoms with Gasteiger partial charge in [0.1, 0.15) is 0 Å². The van der Waals surface area contributed by atoms with E-state index < -0.39 is 10.8 Å². The van der Waals surface area contributed by atoms with Gasteiger partial charge in [0.05, 0.1) is 20.6 Å². The lowest BCUT2D eigenvalue weighted by Crippen LogP contribution is -1.94. The highest BCUT2D eigenvalue weighted by atomic mass is 32.2. The zero-order chi connectivity index (χ0) is 17.4. The van der Waals surface area contributed by atoms with Crippen LogP contribution >= 0.6 is 0 Å². The minimum Gasteiger partial charge on any atom is -0.249 e. The third kappa shape index (κ3) is 2.77. The summed E-state index contributed by atoms with van der Waals surface area (Å²) in [6.07, 6.45) is 0. The van der Waals surface area contributed by atoms with E-state index in [1.165, 1.54) is 5.56 Å². The molecule has 1 aliphatic rings. The topological polar surface area (TPSA) is 17.1 Å². The molecule has 0 fully saturated rings. The van der Waals surface area contributed by atoms with Crippen LogP contribution in [0.25, 0.3) is 10.5 Å². The Bertz CT molecular complexity index is 969. The summed E-state index contributed by atoms with van der Waals surface area (Å²) in [6.45, 7) is 4.34. The fourth-order valence-corrected chi connectivity index (χ4v) is 4.91. The SMILES string of the molecule is CC(C)c1ccc2c(c1)S(=O)C(c1ccccc1)=C2c1ccccc1. The van der Waals surface area contributed by atoms with E-state index in [4.69, 9.17) is 0 Å². The minimum absolute atomic E-state index is 0.420. The molecule has 0 amide bonds. The number of fused-ring (bicyclic) bond motifs is 1. The first-order valence-corrected chi connectivity index (χ1v) is 9.73. The van der Waals surface area contributed by atoms with Gasteiger partial charge >= 0.3 is 0 Å². The number of rotatable bonds is 3. The number of benzene rings is 3. The standard InChI is InChI=1S/C23H20OS/c1-16(2)19-13-14-20-21(15-19)25(24)23(18-11-7-4-8-12-18)22(20)17-9-5-3-6-10-17/h3-16H,1-2H3. The lowest BCUT2D eigenvalue weighted by Gasteiger charge is -2.09. The Kier molecular flexibility index (Phi) is 4.14. The molecule has 0 spiro atoms. The van der Waals surface area contributed by atoms with E-state index in [1.807, 2.05) is 48.5 Å². The Morgan fingerprint density at radius 1 is 0.760 bits per heavy atom. The molecule has 0 aromatic heterocycles. The highest BCUT2D eigenvalue weighted by Crippen LogP contribution is 2.45. The Morgan fingerprint density at radius 3 is 1.96 bits per heavy atom. The second kappa shape index (κ2) is 6.45. The van der Waals surface area contributed by atoms with Gasteiger partial charge in [0.2, 0.25) is 0 Å². The first-order chi connectivity index (χ1) is 12.2. The van der Waals surface area contributed by atoms with Gasteiger partial charge in [0, 0.05) is 11.1 Å². The van der Waals surface area contributed by atoms with Crippen molar-refractivity contribution in [3.63, 3.8) is 0 Å². The van der Waals surface area contributed by atoms with Gasteiger partial charge in [-0.1, -0.05) is 86.6 Å². The molecule has 0 bridgehead atoms. The molecule has 1 atom stereocenters. The third-order valence-corrected chi connectivity index (χ3v) is 6.20. The van der Waals surface area contributed by atoms with Gasteiger partial charge in [-0.3, -0.25) is 0 Å². The summed E-state index contributed by atoms with van der Waals surface area (Å²) >= 11 is 0. The van der Waals surface area contributed by atoms with Crippen LogP contribution in [0.5, 0.6) is 0 Å². The molecule has 124 valence electrons. The molecule has 1 heterocycles. The number of hydrogen-bond donors (Lipinski definition) is 0. The summed E-state index contributed by atoms with van der Waals surface area (Å²) in [7, 11) is -1.16. The fraction of sp³-hybridized carbons (Fsp3) is 0.130. The Labute approximate surface area is 151 Å². The largest absolute Gasteiger partial charge is 0.249 e. The van der Waals surface area contributed by atoms with Crippen molar-refractivity contribution in [2.45, 2.75) is 24.7 Å². The first kappa shape index (κ1) is 16.0. The predicted molar refractivity (Wildman–Crippen MR) is 106 cm³/mol. The summed E-state index contributed by atoms with van der Waals surface area (Å²) in [5.41, 5.74) is 5.56. The van der Waals surface area contributed by atoms with Crippen LogP contribution < -0.4 is 0 Å². The zero-order valence-corrected chi connectivity index (χ0v) is 15.2. The van der Waals surface area contributed by atoms with Gasteiger partial charge in [-0.05, 0) is 28.7 Å². The maximum atomic E-state index is 13.4. The molecule has 1 nitrogen and oxygen atoms in total. The molecule has 4 rings (SSSR count). The fourth-order valence-electron chi connectivity index (χ4n) is 3.32. The van der Waals surface area contributed by atoms with Crippen molar-refractivity contribution in [2.24, 2.45) is 0 Å². The van der Waals surface area contributed by atoms with Crippen LogP contribution in [0.3, 0.4) is 0 Å². The lowest BCUT2D eigenvalue weighted by atomic mass is 9.93. The summed E-state index contributed by atoms with van der Waals surface area (Å²) in [6, 6.07) is 26.8. The van der Waals surface area contributed by atoms with Crippen LogP contribution in [0.4, 0.5) is 0 Å². The highest BCUT2D eigenvalue weighted by Gasteiger charge is 2.30. The van der Waals surface area contributed by atoms with E-state index in [0.29, 0.717) is 5.92 Å². The van der Waals surface area contributed by atoms with Gasteiger partial charge in [0.25, 0.3) is 0 Å². The monoisotopic (exact) mass is 344 g/mol. The second-order valence-corrected chi connectivity index (χ2v) is 8.00. The Balaban J connectivity index is 1.99. The van der Waals surface area contributed by atoms with Crippen LogP contribution in [0, 0.1) is 0 Å². The van der Waals surface area contributed by atoms with Crippen LogP contribution in [-0.2, 0) is 10.8 Å². The van der Waals surface area contributed by atoms with Crippen molar-refractivity contribution < 1.29 is 4.21 Å². The van der Waals surface area contributed by atoms with E-state index >= 15 is 0 Å². The van der Waals surface area contributed by atoms with E-state index in [-0.39, 0.29) is 0 Å². The average molecular weight is 344 g/mol. The van der Waals surface area contributed by atoms with E-state index in [9.17, 15) is 4.21 Å². The summed E-state index contributed by atoms with van der Waals surface area (Å²) < 4.78 is 13.4. The number of hydrogen-bond acceptors (Lipinski definition) is 1. The van der Waals surface area contributed by atoms with Crippen LogP contribution in [0.2, 0.25) is 0 Å². The van der Waals surface area contributed by atoms with E-state index in [2.05, 4.69) is 44.2 Å². The lowest BCUT2D eigenvalue weighted by molar-refractivity contribution is 0.689. The molecule has 25 heavy (non-hydrogen) atoms. The molecule has 3 aromatic rings. The van der Waals surface area contributed by atoms with Crippen LogP contribution in [0.15, 0.2) is 83.8 Å². The summed E-state index contributed by atoms with van der Waals surface area (Å²) in [5, 5.41) is 0. The molecule has 3 aromatic carbocycles. The average Bonchev–Trinajstić information content (AvgIpc) is 2.95. The van der Waals surface area contributed by atoms with Crippen molar-refractivity contribution in [1.29, 1.82) is 0 Å². The van der Waals surface area contributed by atoms with Crippen molar-refractivity contribution in [1.82, 2.24) is 0 Å². The van der Waals surface area contributed by atoms with Gasteiger partial charge in [-0.2, -0.15) is 0 Å². The quantitative estimate of drug-likeness (QED) is 0.582. The van der Waals surface area contributed by atoms with Gasteiger partial charge in [-0.15, -0.1) is 0 Å². The molecule has 1 unspecified atom stereocenters. The molecule has 0 aliphatic carbocycles. The highest BCUT2D eigenvalue weighted by molar-refractivity contribution is 7.95. The maximum Gasteiger partial charge on any atom is 0.0868 e. The molecule has 0 N–H and O–H groups in total. The van der Waals surface area contributed by atoms with Crippen molar-refractivity contribution in [2.75, 3.05) is 0 Å². The van der Waals surface area contributed by atoms with E-state index in [1.54, 1.807) is 0 Å². The van der Waals surface area contributed by atoms with Crippen molar-refractivity contribution in [3.8, 4) is 0 Å². The van der Waals surface area contributed by atoms with Gasteiger partial charge in [-0.25, -0.2) is 4.21 Å². The zero-order valence-electron chi connectivity index (χ0n) is 14.4. The van der Waals surface area contributed by atoms with Crippen LogP contribution in [-0.4, -0.2) is 4.21 Å². The Morgan fingerprint density at radius 2 is 1.36 bits per heavy atom. The van der Waals surface area contributed by atoms with Crippen molar-refractivity contribution in [3.05, 3.63) is 101 Å². The predicted octanol–water partition coefficient (Wildman–Crippen LogP) is 5.85. The second-order valence-electron chi connectivity index (χ2n) is 6.62. The smallest absolute Gasteiger partial charge is 0.0868 e. The van der Waals surface area contributed by atoms with Crippen molar-refractivity contribution >= 4 is 21.3 Å². The maximum absolute atomic E-state index is 13.4. The minimum atomic E-state index is -1.16. The van der Waals surface area contributed by atoms with Gasteiger partial charge in [0.15, 0.2) is 0 Å². The summed E-state index contributed by atoms with van der Waals surface area (Å²) in [4.78, 5) is 1.85. The molecule has 0 saturated carbocycles. The third-order valence-electron chi connectivity index (χ3n) is 4.65. The Hall–Kier alpha value is -2.45. The molecule has 1 aliphatic heterocycles. The summed E-state index contributed by atoms with van der Waals surface area (Å²) in [5.74, 6) is 0.420. The molecule has 0 radical (unpaired) electrons. The normalized spacial score (nSPS) is 16.4. The van der Waals surface area contributed by atoms with Gasteiger partial charge < -0.3 is 0 Å². The molecular formula is C23H20OS.